The van der Waals surface area contributed by atoms with Crippen molar-refractivity contribution in [2.45, 2.75) is 0 Å². The highest BCUT2D eigenvalue weighted by atomic mass is 35.5. The van der Waals surface area contributed by atoms with Gasteiger partial charge in [0.1, 0.15) is 0 Å². The van der Waals surface area contributed by atoms with Gasteiger partial charge in [0.15, 0.2) is 0 Å². The first kappa shape index (κ1) is 18.2. The second kappa shape index (κ2) is 7.95. The van der Waals surface area contributed by atoms with Crippen LogP contribution in [0.5, 0.6) is 0 Å². The number of nitrogens with zero attached hydrogens (tertiary/aromatic N) is 1. The number of amides is 1. The molecular formula is C12H16Cl2N2O4S. The molecule has 0 heterocycles. The molecule has 6 nitrogen and oxygen atoms in total. The number of ether oxygens (including phenoxy) is 1. The normalized spacial score (nSPS) is 11.7. The fourth-order valence-corrected chi connectivity index (χ4v) is 2.83. The highest BCUT2D eigenvalue weighted by Crippen LogP contribution is 2.22. The summed E-state index contributed by atoms with van der Waals surface area (Å²) in [6.07, 6.45) is 1.03. The number of sulfonamides is 1. The second-order valence-electron chi connectivity index (χ2n) is 4.30. The molecule has 118 valence electrons. The topological polar surface area (TPSA) is 75.7 Å². The number of hydrogen-bond donors (Lipinski definition) is 1. The summed E-state index contributed by atoms with van der Waals surface area (Å²) in [5.41, 5.74) is 0.401. The van der Waals surface area contributed by atoms with Gasteiger partial charge in [0.05, 0.1) is 19.4 Å². The minimum atomic E-state index is -3.50. The van der Waals surface area contributed by atoms with Crippen molar-refractivity contribution in [3.8, 4) is 0 Å². The highest BCUT2D eigenvalue weighted by molar-refractivity contribution is 7.88. The summed E-state index contributed by atoms with van der Waals surface area (Å²) >= 11 is 11.6. The van der Waals surface area contributed by atoms with Gasteiger partial charge >= 0.3 is 0 Å². The first-order valence-electron chi connectivity index (χ1n) is 5.92. The number of carbonyl (C=O) groups excluding carboxylic acids is 1. The molecule has 1 aromatic carbocycles. The van der Waals surface area contributed by atoms with Gasteiger partial charge in [-0.1, -0.05) is 23.2 Å². The maximum absolute atomic E-state index is 11.9. The molecule has 0 aromatic heterocycles. The third-order valence-corrected chi connectivity index (χ3v) is 4.17. The molecule has 0 spiro atoms. The molecule has 0 aliphatic rings. The molecule has 0 radical (unpaired) electrons. The van der Waals surface area contributed by atoms with Gasteiger partial charge in [0, 0.05) is 29.4 Å². The molecule has 0 fully saturated rings. The van der Waals surface area contributed by atoms with Gasteiger partial charge in [-0.05, 0) is 18.2 Å². The molecule has 0 unspecified atom stereocenters. The summed E-state index contributed by atoms with van der Waals surface area (Å²) < 4.78 is 29.0. The van der Waals surface area contributed by atoms with Crippen molar-refractivity contribution < 1.29 is 17.9 Å². The van der Waals surface area contributed by atoms with Crippen LogP contribution < -0.4 is 5.32 Å². The van der Waals surface area contributed by atoms with Crippen LogP contribution in [0.15, 0.2) is 18.2 Å². The smallest absolute Gasteiger partial charge is 0.239 e. The molecule has 0 aliphatic carbocycles. The van der Waals surface area contributed by atoms with Gasteiger partial charge < -0.3 is 10.1 Å². The van der Waals surface area contributed by atoms with Crippen LogP contribution in [-0.2, 0) is 19.6 Å². The lowest BCUT2D eigenvalue weighted by atomic mass is 10.3. The van der Waals surface area contributed by atoms with Crippen molar-refractivity contribution in [1.29, 1.82) is 0 Å². The van der Waals surface area contributed by atoms with Crippen molar-refractivity contribution in [2.24, 2.45) is 0 Å². The zero-order chi connectivity index (χ0) is 16.0. The average molecular weight is 355 g/mol. The van der Waals surface area contributed by atoms with Crippen LogP contribution in [0.4, 0.5) is 5.69 Å². The summed E-state index contributed by atoms with van der Waals surface area (Å²) in [5, 5.41) is 3.29. The lowest BCUT2D eigenvalue weighted by molar-refractivity contribution is -0.116. The van der Waals surface area contributed by atoms with Gasteiger partial charge in [-0.2, -0.15) is 4.31 Å². The average Bonchev–Trinajstić information content (AvgIpc) is 2.31. The molecule has 0 aliphatic heterocycles. The Hall–Kier alpha value is -0.860. The first-order valence-corrected chi connectivity index (χ1v) is 8.53. The summed E-state index contributed by atoms with van der Waals surface area (Å²) in [6, 6.07) is 4.57. The zero-order valence-corrected chi connectivity index (χ0v) is 13.9. The Kier molecular flexibility index (Phi) is 6.89. The Labute approximate surface area is 134 Å². The van der Waals surface area contributed by atoms with Crippen LogP contribution in [0, 0.1) is 0 Å². The highest BCUT2D eigenvalue weighted by Gasteiger charge is 2.19. The number of carbonyl (C=O) groups is 1. The van der Waals surface area contributed by atoms with Gasteiger partial charge in [0.2, 0.25) is 15.9 Å². The summed E-state index contributed by atoms with van der Waals surface area (Å²) in [4.78, 5) is 11.9. The Morgan fingerprint density at radius 1 is 1.29 bits per heavy atom. The van der Waals surface area contributed by atoms with E-state index in [1.165, 1.54) is 25.3 Å². The van der Waals surface area contributed by atoms with E-state index in [-0.39, 0.29) is 19.7 Å². The molecular weight excluding hydrogens is 339 g/mol. The maximum atomic E-state index is 11.9. The Morgan fingerprint density at radius 2 is 1.86 bits per heavy atom. The molecule has 0 saturated carbocycles. The number of anilines is 1. The molecule has 21 heavy (non-hydrogen) atoms. The van der Waals surface area contributed by atoms with Crippen LogP contribution >= 0.6 is 23.2 Å². The van der Waals surface area contributed by atoms with E-state index in [0.29, 0.717) is 15.7 Å². The van der Waals surface area contributed by atoms with Crippen LogP contribution in [-0.4, -0.2) is 51.7 Å². The number of nitrogens with one attached hydrogen (secondary N) is 1. The number of hydrogen-bond acceptors (Lipinski definition) is 4. The summed E-state index contributed by atoms with van der Waals surface area (Å²) in [6.45, 7) is -0.0191. The van der Waals surface area contributed by atoms with E-state index < -0.39 is 15.9 Å². The van der Waals surface area contributed by atoms with Gasteiger partial charge in [-0.15, -0.1) is 0 Å². The van der Waals surface area contributed by atoms with Crippen molar-refractivity contribution in [3.63, 3.8) is 0 Å². The minimum Gasteiger partial charge on any atom is -0.383 e. The predicted molar refractivity (Wildman–Crippen MR) is 83.4 cm³/mol. The molecule has 1 rings (SSSR count). The van der Waals surface area contributed by atoms with Crippen molar-refractivity contribution >= 4 is 44.8 Å². The third-order valence-electron chi connectivity index (χ3n) is 2.48. The van der Waals surface area contributed by atoms with E-state index in [4.69, 9.17) is 27.9 Å². The monoisotopic (exact) mass is 354 g/mol. The minimum absolute atomic E-state index is 0.0963. The molecule has 1 amide bonds. The van der Waals surface area contributed by atoms with Crippen molar-refractivity contribution in [2.75, 3.05) is 38.4 Å². The van der Waals surface area contributed by atoms with Crippen LogP contribution in [0.2, 0.25) is 10.0 Å². The maximum Gasteiger partial charge on any atom is 0.239 e. The van der Waals surface area contributed by atoms with Gasteiger partial charge in [0.25, 0.3) is 0 Å². The third kappa shape index (κ3) is 6.62. The molecule has 1 N–H and O–H groups in total. The lowest BCUT2D eigenvalue weighted by Gasteiger charge is -2.19. The van der Waals surface area contributed by atoms with E-state index in [9.17, 15) is 13.2 Å². The van der Waals surface area contributed by atoms with E-state index >= 15 is 0 Å². The molecule has 0 bridgehead atoms. The number of halogens is 2. The van der Waals surface area contributed by atoms with E-state index in [0.717, 1.165) is 10.6 Å². The summed E-state index contributed by atoms with van der Waals surface area (Å²) in [7, 11) is -2.05. The van der Waals surface area contributed by atoms with Gasteiger partial charge in [-0.3, -0.25) is 4.79 Å². The Morgan fingerprint density at radius 3 is 2.33 bits per heavy atom. The van der Waals surface area contributed by atoms with E-state index in [1.54, 1.807) is 0 Å². The van der Waals surface area contributed by atoms with Crippen LogP contribution in [0.1, 0.15) is 0 Å². The first-order chi connectivity index (χ1) is 9.72. The molecule has 0 atom stereocenters. The SMILES string of the molecule is COCCN(CC(=O)Nc1cc(Cl)cc(Cl)c1)S(C)(=O)=O. The molecule has 9 heteroatoms. The fraction of sp³-hybridized carbons (Fsp3) is 0.417. The lowest BCUT2D eigenvalue weighted by Crippen LogP contribution is -2.39. The largest absolute Gasteiger partial charge is 0.383 e. The van der Waals surface area contributed by atoms with E-state index in [2.05, 4.69) is 5.32 Å². The van der Waals surface area contributed by atoms with Gasteiger partial charge in [-0.25, -0.2) is 8.42 Å². The van der Waals surface area contributed by atoms with Crippen LogP contribution in [0.25, 0.3) is 0 Å². The number of methoxy groups -OCH3 is 1. The Bertz CT molecular complexity index is 587. The molecule has 1 aromatic rings. The van der Waals surface area contributed by atoms with Crippen LogP contribution in [0.3, 0.4) is 0 Å². The predicted octanol–water partition coefficient (Wildman–Crippen LogP) is 1.84. The standard InChI is InChI=1S/C12H16Cl2N2O4S/c1-20-4-3-16(21(2,18)19)8-12(17)15-11-6-9(13)5-10(14)7-11/h5-7H,3-4,8H2,1-2H3,(H,15,17). The zero-order valence-electron chi connectivity index (χ0n) is 11.6. The fourth-order valence-electron chi connectivity index (χ4n) is 1.54. The quantitative estimate of drug-likeness (QED) is 0.810. The second-order valence-corrected chi connectivity index (χ2v) is 7.15. The number of rotatable bonds is 7. The van der Waals surface area contributed by atoms with Crippen molar-refractivity contribution in [3.05, 3.63) is 28.2 Å². The van der Waals surface area contributed by atoms with Crippen molar-refractivity contribution in [1.82, 2.24) is 4.31 Å². The summed E-state index contributed by atoms with van der Waals surface area (Å²) in [5.74, 6) is -0.491. The molecule has 0 saturated heterocycles. The van der Waals surface area contributed by atoms with E-state index in [1.807, 2.05) is 0 Å². The Balaban J connectivity index is 2.73. The number of benzene rings is 1.